The zero-order valence-corrected chi connectivity index (χ0v) is 19.9. The fourth-order valence-corrected chi connectivity index (χ4v) is 4.52. The maximum atomic E-state index is 13.0. The van der Waals surface area contributed by atoms with E-state index >= 15 is 0 Å². The first-order valence-electron chi connectivity index (χ1n) is 10.9. The monoisotopic (exact) mass is 492 g/mol. The number of carbonyl (C=O) groups is 1. The summed E-state index contributed by atoms with van der Waals surface area (Å²) in [5.74, 6) is 0. The highest BCUT2D eigenvalue weighted by atomic mass is 32.2. The Balaban J connectivity index is 1.46. The first-order valence-corrected chi connectivity index (χ1v) is 12.7. The van der Waals surface area contributed by atoms with E-state index in [-0.39, 0.29) is 10.9 Å². The summed E-state index contributed by atoms with van der Waals surface area (Å²) in [5.41, 5.74) is 0.504. The second-order valence-corrected chi connectivity index (χ2v) is 11.0. The minimum atomic E-state index is -3.27. The third kappa shape index (κ3) is 4.89. The van der Waals surface area contributed by atoms with Crippen molar-refractivity contribution in [2.75, 3.05) is 19.3 Å². The molecule has 8 nitrogen and oxygen atoms in total. The Morgan fingerprint density at radius 3 is 2.38 bits per heavy atom. The molecule has 11 heteroatoms. The van der Waals surface area contributed by atoms with Gasteiger partial charge in [0.15, 0.2) is 15.4 Å². The Hall–Kier alpha value is -3.08. The van der Waals surface area contributed by atoms with Gasteiger partial charge in [0.25, 0.3) is 6.43 Å². The van der Waals surface area contributed by atoms with Gasteiger partial charge in [0, 0.05) is 30.3 Å². The van der Waals surface area contributed by atoms with Crippen molar-refractivity contribution in [3.63, 3.8) is 0 Å². The SMILES string of the molecule is CC(C)(OC(=O)N1CCC(n2ncc3cc(-c4ccc(S(C)(=O)=O)cc4)ncc32)CC1)C(F)F. The van der Waals surface area contributed by atoms with Crippen molar-refractivity contribution < 1.29 is 26.7 Å². The summed E-state index contributed by atoms with van der Waals surface area (Å²) in [5, 5.41) is 5.40. The standard InChI is InChI=1S/C23H26F2N4O4S/c1-23(2,21(24)25)33-22(30)28-10-8-17(9-11-28)29-20-14-26-19(12-16(20)13-27-29)15-4-6-18(7-5-15)34(3,31)32/h4-7,12-14,17,21H,8-11H2,1-3H3. The van der Waals surface area contributed by atoms with E-state index in [2.05, 4.69) is 10.1 Å². The molecular formula is C23H26F2N4O4S. The van der Waals surface area contributed by atoms with Crippen LogP contribution in [-0.4, -0.2) is 65.5 Å². The minimum Gasteiger partial charge on any atom is -0.437 e. The number of carbonyl (C=O) groups excluding carboxylic acids is 1. The van der Waals surface area contributed by atoms with Crippen LogP contribution in [0.2, 0.25) is 0 Å². The van der Waals surface area contributed by atoms with Gasteiger partial charge in [0.1, 0.15) is 0 Å². The van der Waals surface area contributed by atoms with Crippen molar-refractivity contribution in [3.8, 4) is 11.3 Å². The van der Waals surface area contributed by atoms with Gasteiger partial charge in [-0.1, -0.05) is 12.1 Å². The molecule has 0 radical (unpaired) electrons. The van der Waals surface area contributed by atoms with Crippen molar-refractivity contribution in [3.05, 3.63) is 42.7 Å². The van der Waals surface area contributed by atoms with Gasteiger partial charge in [-0.3, -0.25) is 9.67 Å². The van der Waals surface area contributed by atoms with Crippen LogP contribution in [0.4, 0.5) is 13.6 Å². The molecule has 1 saturated heterocycles. The summed E-state index contributed by atoms with van der Waals surface area (Å²) in [6.45, 7) is 3.14. The van der Waals surface area contributed by atoms with E-state index in [1.54, 1.807) is 36.7 Å². The molecule has 0 unspecified atom stereocenters. The molecule has 3 aromatic rings. The molecule has 1 aliphatic heterocycles. The molecule has 4 rings (SSSR count). The number of benzene rings is 1. The largest absolute Gasteiger partial charge is 0.437 e. The van der Waals surface area contributed by atoms with Crippen LogP contribution in [0.25, 0.3) is 22.2 Å². The molecular weight excluding hydrogens is 466 g/mol. The maximum Gasteiger partial charge on any atom is 0.410 e. The van der Waals surface area contributed by atoms with E-state index in [1.165, 1.54) is 25.0 Å². The predicted octanol–water partition coefficient (Wildman–Crippen LogP) is 4.32. The fourth-order valence-electron chi connectivity index (χ4n) is 3.89. The number of hydrogen-bond donors (Lipinski definition) is 0. The van der Waals surface area contributed by atoms with Gasteiger partial charge in [-0.05, 0) is 44.9 Å². The Labute approximate surface area is 196 Å². The van der Waals surface area contributed by atoms with Crippen LogP contribution in [0.3, 0.4) is 0 Å². The van der Waals surface area contributed by atoms with Crippen LogP contribution < -0.4 is 0 Å². The fraction of sp³-hybridized carbons (Fsp3) is 0.435. The Bertz CT molecular complexity index is 1300. The van der Waals surface area contributed by atoms with Gasteiger partial charge in [-0.2, -0.15) is 5.10 Å². The van der Waals surface area contributed by atoms with E-state index < -0.39 is 28.0 Å². The Morgan fingerprint density at radius 1 is 1.15 bits per heavy atom. The van der Waals surface area contributed by atoms with Gasteiger partial charge in [-0.25, -0.2) is 22.0 Å². The third-order valence-electron chi connectivity index (χ3n) is 6.00. The lowest BCUT2D eigenvalue weighted by atomic mass is 10.1. The molecule has 2 aromatic heterocycles. The molecule has 0 atom stereocenters. The molecule has 0 aliphatic carbocycles. The molecule has 1 amide bonds. The van der Waals surface area contributed by atoms with Crippen molar-refractivity contribution >= 4 is 26.8 Å². The second kappa shape index (κ2) is 8.94. The summed E-state index contributed by atoms with van der Waals surface area (Å²) in [6, 6.07) is 8.49. The van der Waals surface area contributed by atoms with Gasteiger partial charge in [0.2, 0.25) is 0 Å². The van der Waals surface area contributed by atoms with Gasteiger partial charge < -0.3 is 9.64 Å². The van der Waals surface area contributed by atoms with Crippen molar-refractivity contribution in [1.82, 2.24) is 19.7 Å². The van der Waals surface area contributed by atoms with E-state index in [4.69, 9.17) is 4.74 Å². The molecule has 182 valence electrons. The molecule has 0 bridgehead atoms. The van der Waals surface area contributed by atoms with Crippen LogP contribution in [0.5, 0.6) is 0 Å². The number of hydrogen-bond acceptors (Lipinski definition) is 6. The number of sulfone groups is 1. The number of pyridine rings is 1. The second-order valence-electron chi connectivity index (χ2n) is 9.00. The Kier molecular flexibility index (Phi) is 6.32. The molecule has 1 aliphatic rings. The zero-order chi connectivity index (χ0) is 24.7. The number of amides is 1. The molecule has 1 aromatic carbocycles. The van der Waals surface area contributed by atoms with Crippen LogP contribution >= 0.6 is 0 Å². The van der Waals surface area contributed by atoms with E-state index in [9.17, 15) is 22.0 Å². The summed E-state index contributed by atoms with van der Waals surface area (Å²) < 4.78 is 56.2. The van der Waals surface area contributed by atoms with E-state index in [0.717, 1.165) is 16.5 Å². The molecule has 0 spiro atoms. The van der Waals surface area contributed by atoms with Crippen molar-refractivity contribution in [2.45, 2.75) is 49.7 Å². The number of likely N-dealkylation sites (tertiary alicyclic amines) is 1. The average molecular weight is 493 g/mol. The number of ether oxygens (including phenoxy) is 1. The van der Waals surface area contributed by atoms with Crippen LogP contribution in [0, 0.1) is 0 Å². The molecule has 0 N–H and O–H groups in total. The lowest BCUT2D eigenvalue weighted by Crippen LogP contribution is -2.45. The van der Waals surface area contributed by atoms with Crippen molar-refractivity contribution in [1.29, 1.82) is 0 Å². The number of fused-ring (bicyclic) bond motifs is 1. The summed E-state index contributed by atoms with van der Waals surface area (Å²) in [4.78, 5) is 18.5. The van der Waals surface area contributed by atoms with E-state index in [1.807, 2.05) is 10.7 Å². The van der Waals surface area contributed by atoms with Crippen LogP contribution in [0.1, 0.15) is 32.7 Å². The summed E-state index contributed by atoms with van der Waals surface area (Å²) in [6.07, 6.45) is 2.36. The van der Waals surface area contributed by atoms with Gasteiger partial charge >= 0.3 is 6.09 Å². The highest BCUT2D eigenvalue weighted by Gasteiger charge is 2.36. The number of rotatable bonds is 5. The molecule has 3 heterocycles. The smallest absolute Gasteiger partial charge is 0.410 e. The average Bonchev–Trinajstić information content (AvgIpc) is 3.21. The lowest BCUT2D eigenvalue weighted by Gasteiger charge is -2.34. The number of aromatic nitrogens is 3. The predicted molar refractivity (Wildman–Crippen MR) is 122 cm³/mol. The minimum absolute atomic E-state index is 0.0337. The number of alkyl halides is 2. The summed E-state index contributed by atoms with van der Waals surface area (Å²) in [7, 11) is -3.27. The first-order chi connectivity index (χ1) is 16.0. The highest BCUT2D eigenvalue weighted by Crippen LogP contribution is 2.29. The first kappa shape index (κ1) is 24.1. The zero-order valence-electron chi connectivity index (χ0n) is 19.1. The molecule has 1 fully saturated rings. The number of nitrogens with zero attached hydrogens (tertiary/aromatic N) is 4. The third-order valence-corrected chi connectivity index (χ3v) is 7.13. The van der Waals surface area contributed by atoms with Gasteiger partial charge in [0.05, 0.1) is 34.5 Å². The normalized spacial score (nSPS) is 15.8. The number of halogens is 2. The van der Waals surface area contributed by atoms with Crippen molar-refractivity contribution in [2.24, 2.45) is 0 Å². The molecule has 0 saturated carbocycles. The quantitative estimate of drug-likeness (QED) is 0.527. The molecule has 34 heavy (non-hydrogen) atoms. The lowest BCUT2D eigenvalue weighted by molar-refractivity contribution is -0.0877. The Morgan fingerprint density at radius 2 is 1.79 bits per heavy atom. The topological polar surface area (TPSA) is 94.4 Å². The number of piperidine rings is 1. The van der Waals surface area contributed by atoms with Crippen LogP contribution in [0.15, 0.2) is 47.6 Å². The van der Waals surface area contributed by atoms with E-state index in [0.29, 0.717) is 31.6 Å². The summed E-state index contributed by atoms with van der Waals surface area (Å²) >= 11 is 0. The highest BCUT2D eigenvalue weighted by molar-refractivity contribution is 7.90. The van der Waals surface area contributed by atoms with Gasteiger partial charge in [-0.15, -0.1) is 0 Å². The van der Waals surface area contributed by atoms with Crippen LogP contribution in [-0.2, 0) is 14.6 Å². The maximum absolute atomic E-state index is 13.0.